The van der Waals surface area contributed by atoms with Gasteiger partial charge in [0.2, 0.25) is 5.96 Å². The molecule has 1 amide bonds. The van der Waals surface area contributed by atoms with Gasteiger partial charge in [-0.3, -0.25) is 10.1 Å². The molecule has 0 bridgehead atoms. The van der Waals surface area contributed by atoms with E-state index in [0.29, 0.717) is 6.07 Å². The molecule has 0 atom stereocenters. The number of carbonyl (C=O) groups excluding carboxylic acids is 1. The van der Waals surface area contributed by atoms with Crippen molar-refractivity contribution >= 4 is 36.1 Å². The van der Waals surface area contributed by atoms with Crippen LogP contribution >= 0.6 is 24.2 Å². The molecule has 1 aromatic rings. The number of benzene rings is 1. The first kappa shape index (κ1) is 16.5. The largest absolute Gasteiger partial charge is 0.416 e. The third-order valence-corrected chi connectivity index (χ3v) is 1.97. The Balaban J connectivity index is 0.00000289. The molecular formula is C9H8Cl2F3N3O. The molecule has 0 fully saturated rings. The van der Waals surface area contributed by atoms with E-state index < -0.39 is 23.6 Å². The number of amides is 1. The van der Waals surface area contributed by atoms with E-state index in [1.54, 1.807) is 0 Å². The minimum Gasteiger partial charge on any atom is -0.369 e. The highest BCUT2D eigenvalue weighted by Crippen LogP contribution is 2.29. The summed E-state index contributed by atoms with van der Waals surface area (Å²) in [6.07, 6.45) is -4.51. The van der Waals surface area contributed by atoms with Gasteiger partial charge in [-0.1, -0.05) is 6.07 Å². The van der Waals surface area contributed by atoms with Gasteiger partial charge in [-0.15, -0.1) is 16.9 Å². The molecule has 0 saturated carbocycles. The molecule has 4 nitrogen and oxygen atoms in total. The van der Waals surface area contributed by atoms with Crippen LogP contribution in [0.15, 0.2) is 28.8 Å². The fourth-order valence-corrected chi connectivity index (χ4v) is 1.09. The lowest BCUT2D eigenvalue weighted by Crippen LogP contribution is -2.36. The van der Waals surface area contributed by atoms with Gasteiger partial charge in [0.05, 0.1) is 5.56 Å². The van der Waals surface area contributed by atoms with Crippen molar-refractivity contribution in [2.75, 3.05) is 0 Å². The molecule has 0 aliphatic heterocycles. The Morgan fingerprint density at radius 3 is 2.50 bits per heavy atom. The second-order valence-electron chi connectivity index (χ2n) is 3.00. The summed E-state index contributed by atoms with van der Waals surface area (Å²) in [6, 6.07) is 3.89. The average molecular weight is 302 g/mol. The first-order valence-corrected chi connectivity index (χ1v) is 4.61. The molecule has 9 heteroatoms. The summed E-state index contributed by atoms with van der Waals surface area (Å²) >= 11 is 4.96. The van der Waals surface area contributed by atoms with E-state index in [4.69, 9.17) is 17.5 Å². The van der Waals surface area contributed by atoms with E-state index in [-0.39, 0.29) is 18.0 Å². The van der Waals surface area contributed by atoms with Crippen molar-refractivity contribution in [1.29, 1.82) is 0 Å². The van der Waals surface area contributed by atoms with Crippen LogP contribution in [-0.2, 0) is 6.18 Å². The summed E-state index contributed by atoms with van der Waals surface area (Å²) in [4.78, 5) is 11.4. The third-order valence-electron chi connectivity index (χ3n) is 1.78. The zero-order valence-electron chi connectivity index (χ0n) is 8.66. The molecule has 0 unspecified atom stereocenters. The van der Waals surface area contributed by atoms with E-state index in [1.807, 2.05) is 5.32 Å². The topological polar surface area (TPSA) is 67.5 Å². The number of halogens is 5. The number of nitrogens with zero attached hydrogens (tertiary/aromatic N) is 1. The minimum absolute atomic E-state index is 0. The Bertz CT molecular complexity index is 463. The maximum absolute atomic E-state index is 12.4. The summed E-state index contributed by atoms with van der Waals surface area (Å²) in [6.45, 7) is 0. The molecule has 1 aromatic carbocycles. The van der Waals surface area contributed by atoms with Crippen LogP contribution in [0, 0.1) is 0 Å². The zero-order valence-corrected chi connectivity index (χ0v) is 10.2. The van der Waals surface area contributed by atoms with Crippen LogP contribution in [0.25, 0.3) is 0 Å². The van der Waals surface area contributed by atoms with Gasteiger partial charge in [0.1, 0.15) is 0 Å². The Morgan fingerprint density at radius 1 is 1.39 bits per heavy atom. The lowest BCUT2D eigenvalue weighted by Gasteiger charge is -2.08. The normalized spacial score (nSPS) is 11.7. The van der Waals surface area contributed by atoms with Crippen LogP contribution < -0.4 is 11.1 Å². The molecule has 0 saturated heterocycles. The van der Waals surface area contributed by atoms with Gasteiger partial charge in [0.15, 0.2) is 0 Å². The zero-order chi connectivity index (χ0) is 13.1. The fourth-order valence-electron chi connectivity index (χ4n) is 1.05. The quantitative estimate of drug-likeness (QED) is 0.617. The number of hydrogen-bond acceptors (Lipinski definition) is 2. The van der Waals surface area contributed by atoms with Crippen LogP contribution in [-0.4, -0.2) is 11.9 Å². The van der Waals surface area contributed by atoms with Gasteiger partial charge in [0, 0.05) is 17.3 Å². The fraction of sp³-hybridized carbons (Fsp3) is 0.111. The van der Waals surface area contributed by atoms with Crippen LogP contribution in [0.2, 0.25) is 0 Å². The van der Waals surface area contributed by atoms with Gasteiger partial charge < -0.3 is 5.73 Å². The van der Waals surface area contributed by atoms with Crippen LogP contribution in [0.1, 0.15) is 15.9 Å². The molecule has 0 heterocycles. The Labute approximate surface area is 112 Å². The molecular weight excluding hydrogens is 294 g/mol. The summed E-state index contributed by atoms with van der Waals surface area (Å²) in [5.41, 5.74) is 3.98. The number of rotatable bonds is 1. The van der Waals surface area contributed by atoms with Crippen molar-refractivity contribution in [3.8, 4) is 0 Å². The van der Waals surface area contributed by atoms with Gasteiger partial charge in [0.25, 0.3) is 5.91 Å². The minimum atomic E-state index is -4.51. The van der Waals surface area contributed by atoms with E-state index >= 15 is 0 Å². The van der Waals surface area contributed by atoms with Gasteiger partial charge in [-0.2, -0.15) is 13.2 Å². The van der Waals surface area contributed by atoms with Crippen molar-refractivity contribution in [2.24, 2.45) is 10.2 Å². The maximum Gasteiger partial charge on any atom is 0.416 e. The predicted octanol–water partition coefficient (Wildman–Crippen LogP) is 2.33. The lowest BCUT2D eigenvalue weighted by molar-refractivity contribution is -0.137. The molecule has 0 spiro atoms. The number of hydrogen-bond donors (Lipinski definition) is 2. The summed E-state index contributed by atoms with van der Waals surface area (Å²) in [5.74, 6) is -1.22. The highest BCUT2D eigenvalue weighted by atomic mass is 35.5. The number of guanidine groups is 1. The van der Waals surface area contributed by atoms with Crippen molar-refractivity contribution in [3.05, 3.63) is 35.4 Å². The lowest BCUT2D eigenvalue weighted by atomic mass is 10.1. The molecule has 0 aliphatic carbocycles. The molecule has 100 valence electrons. The number of carbonyl (C=O) groups is 1. The Kier molecular flexibility index (Phi) is 5.93. The van der Waals surface area contributed by atoms with E-state index in [0.717, 1.165) is 12.1 Å². The van der Waals surface area contributed by atoms with Crippen LogP contribution in [0.4, 0.5) is 13.2 Å². The molecule has 0 radical (unpaired) electrons. The highest BCUT2D eigenvalue weighted by molar-refractivity contribution is 6.21. The number of nitrogens with two attached hydrogens (primary N) is 1. The maximum atomic E-state index is 12.4. The van der Waals surface area contributed by atoms with Gasteiger partial charge in [-0.25, -0.2) is 0 Å². The molecule has 18 heavy (non-hydrogen) atoms. The Morgan fingerprint density at radius 2 is 2.00 bits per heavy atom. The van der Waals surface area contributed by atoms with Crippen molar-refractivity contribution in [1.82, 2.24) is 5.32 Å². The molecule has 0 aliphatic rings. The Hall–Kier alpha value is -1.47. The van der Waals surface area contributed by atoms with Crippen molar-refractivity contribution in [2.45, 2.75) is 6.18 Å². The molecule has 1 rings (SSSR count). The second kappa shape index (κ2) is 6.46. The smallest absolute Gasteiger partial charge is 0.369 e. The number of nitrogens with one attached hydrogen (secondary N) is 1. The third kappa shape index (κ3) is 4.42. The van der Waals surface area contributed by atoms with Crippen molar-refractivity contribution in [3.63, 3.8) is 0 Å². The molecule has 3 N–H and O–H groups in total. The van der Waals surface area contributed by atoms with Crippen molar-refractivity contribution < 1.29 is 18.0 Å². The average Bonchev–Trinajstić information content (AvgIpc) is 2.28. The van der Waals surface area contributed by atoms with E-state index in [1.165, 1.54) is 6.07 Å². The first-order chi connectivity index (χ1) is 7.84. The monoisotopic (exact) mass is 301 g/mol. The van der Waals surface area contributed by atoms with Gasteiger partial charge in [-0.05, 0) is 18.2 Å². The SMILES string of the molecule is Cl.NC(=NCl)NC(=O)c1cccc(C(F)(F)F)c1. The van der Waals surface area contributed by atoms with Gasteiger partial charge >= 0.3 is 6.18 Å². The number of alkyl halides is 3. The van der Waals surface area contributed by atoms with Crippen LogP contribution in [0.3, 0.4) is 0 Å². The standard InChI is InChI=1S/C9H7ClF3N3O.ClH/c10-16-8(14)15-7(17)5-2-1-3-6(4-5)9(11,12)13;/h1-4H,(H3,14,15,16,17);1H. The summed E-state index contributed by atoms with van der Waals surface area (Å²) in [5, 5.41) is 2.01. The predicted molar refractivity (Wildman–Crippen MR) is 63.6 cm³/mol. The van der Waals surface area contributed by atoms with E-state index in [2.05, 4.69) is 4.51 Å². The summed E-state index contributed by atoms with van der Waals surface area (Å²) < 4.78 is 40.0. The summed E-state index contributed by atoms with van der Waals surface area (Å²) in [7, 11) is 0. The van der Waals surface area contributed by atoms with Crippen LogP contribution in [0.5, 0.6) is 0 Å². The van der Waals surface area contributed by atoms with E-state index in [9.17, 15) is 18.0 Å². The second-order valence-corrected chi connectivity index (χ2v) is 3.17. The first-order valence-electron chi connectivity index (χ1n) is 4.27. The molecule has 0 aromatic heterocycles. The highest BCUT2D eigenvalue weighted by Gasteiger charge is 2.30.